The predicted molar refractivity (Wildman–Crippen MR) is 136 cm³/mol. The van der Waals surface area contributed by atoms with E-state index in [0.717, 1.165) is 56.5 Å². The molecule has 0 saturated carbocycles. The number of nitrogens with one attached hydrogen (secondary N) is 2. The zero-order chi connectivity index (χ0) is 21.0. The lowest BCUT2D eigenvalue weighted by Gasteiger charge is -2.38. The molecule has 1 atom stereocenters. The standard InChI is InChI=1S/C23H31N3O3S.HI/c1-16(12-19-6-4-17(2)30-19)26-22(24-3)25-14-23(8-10-27-11-9-23)18-5-7-20-21(13-18)29-15-28-20;/h4-7,13,16H,8-12,14-15H2,1-3H3,(H2,24,25,26);1H. The quantitative estimate of drug-likeness (QED) is 0.316. The maximum atomic E-state index is 5.68. The fourth-order valence-electron chi connectivity index (χ4n) is 4.18. The predicted octanol–water partition coefficient (Wildman–Crippen LogP) is 4.25. The first-order chi connectivity index (χ1) is 14.6. The van der Waals surface area contributed by atoms with E-state index < -0.39 is 0 Å². The Morgan fingerprint density at radius 1 is 1.16 bits per heavy atom. The number of thiophene rings is 1. The normalized spacial score (nSPS) is 18.2. The SMILES string of the molecule is CN=C(NCC1(c2ccc3c(c2)OCO3)CCOCC1)NC(C)Cc1ccc(C)s1.I. The van der Waals surface area contributed by atoms with Crippen LogP contribution in [-0.2, 0) is 16.6 Å². The molecule has 0 aliphatic carbocycles. The average molecular weight is 557 g/mol. The summed E-state index contributed by atoms with van der Waals surface area (Å²) in [7, 11) is 1.83. The van der Waals surface area contributed by atoms with Crippen molar-refractivity contribution in [2.45, 2.75) is 44.6 Å². The van der Waals surface area contributed by atoms with E-state index in [0.29, 0.717) is 12.8 Å². The molecule has 0 radical (unpaired) electrons. The molecule has 170 valence electrons. The fraction of sp³-hybridized carbons (Fsp3) is 0.522. The second-order valence-corrected chi connectivity index (χ2v) is 9.52. The number of fused-ring (bicyclic) bond motifs is 1. The van der Waals surface area contributed by atoms with Crippen LogP contribution in [0.25, 0.3) is 0 Å². The lowest BCUT2D eigenvalue weighted by molar-refractivity contribution is 0.0513. The van der Waals surface area contributed by atoms with Crippen molar-refractivity contribution < 1.29 is 14.2 Å². The molecule has 1 aromatic heterocycles. The second kappa shape index (κ2) is 10.9. The van der Waals surface area contributed by atoms with Crippen LogP contribution in [0.15, 0.2) is 35.3 Å². The van der Waals surface area contributed by atoms with Crippen molar-refractivity contribution >= 4 is 41.3 Å². The van der Waals surface area contributed by atoms with Crippen molar-refractivity contribution in [1.29, 1.82) is 0 Å². The summed E-state index contributed by atoms with van der Waals surface area (Å²) in [6.07, 6.45) is 2.90. The molecule has 2 aromatic rings. The van der Waals surface area contributed by atoms with Gasteiger partial charge in [0.25, 0.3) is 0 Å². The van der Waals surface area contributed by atoms with Gasteiger partial charge in [-0.2, -0.15) is 0 Å². The summed E-state index contributed by atoms with van der Waals surface area (Å²) in [5, 5.41) is 7.13. The van der Waals surface area contributed by atoms with Gasteiger partial charge in [-0.05, 0) is 56.5 Å². The molecule has 0 spiro atoms. The van der Waals surface area contributed by atoms with Crippen molar-refractivity contribution in [3.63, 3.8) is 0 Å². The Balaban J connectivity index is 0.00000272. The van der Waals surface area contributed by atoms with E-state index in [1.807, 2.05) is 24.5 Å². The Kier molecular flexibility index (Phi) is 8.46. The summed E-state index contributed by atoms with van der Waals surface area (Å²) < 4.78 is 16.8. The van der Waals surface area contributed by atoms with E-state index in [-0.39, 0.29) is 29.4 Å². The molecule has 2 N–H and O–H groups in total. The molecule has 4 rings (SSSR count). The third-order valence-corrected chi connectivity index (χ3v) is 6.96. The van der Waals surface area contributed by atoms with Gasteiger partial charge in [-0.25, -0.2) is 0 Å². The highest BCUT2D eigenvalue weighted by Crippen LogP contribution is 2.40. The van der Waals surface area contributed by atoms with Gasteiger partial charge in [0, 0.05) is 54.4 Å². The summed E-state index contributed by atoms with van der Waals surface area (Å²) >= 11 is 1.86. The number of rotatable bonds is 6. The minimum atomic E-state index is -0.0229. The molecular formula is C23H32IN3O3S. The number of hydrogen-bond acceptors (Lipinski definition) is 5. The van der Waals surface area contributed by atoms with E-state index in [2.05, 4.69) is 53.7 Å². The minimum absolute atomic E-state index is 0. The topological polar surface area (TPSA) is 64.1 Å². The molecule has 1 fully saturated rings. The van der Waals surface area contributed by atoms with Gasteiger partial charge < -0.3 is 24.8 Å². The number of hydrogen-bond donors (Lipinski definition) is 2. The van der Waals surface area contributed by atoms with Crippen molar-refractivity contribution in [2.24, 2.45) is 4.99 Å². The van der Waals surface area contributed by atoms with Gasteiger partial charge in [-0.3, -0.25) is 4.99 Å². The average Bonchev–Trinajstić information content (AvgIpc) is 3.39. The monoisotopic (exact) mass is 557 g/mol. The maximum absolute atomic E-state index is 5.68. The zero-order valence-corrected chi connectivity index (χ0v) is 21.5. The third-order valence-electron chi connectivity index (χ3n) is 5.94. The smallest absolute Gasteiger partial charge is 0.231 e. The molecule has 6 nitrogen and oxygen atoms in total. The first-order valence-electron chi connectivity index (χ1n) is 10.6. The molecule has 2 aliphatic rings. The van der Waals surface area contributed by atoms with Gasteiger partial charge in [-0.15, -0.1) is 35.3 Å². The van der Waals surface area contributed by atoms with Crippen LogP contribution in [-0.4, -0.2) is 45.6 Å². The zero-order valence-electron chi connectivity index (χ0n) is 18.4. The van der Waals surface area contributed by atoms with Crippen molar-refractivity contribution in [1.82, 2.24) is 10.6 Å². The summed E-state index contributed by atoms with van der Waals surface area (Å²) in [5.41, 5.74) is 1.24. The fourth-order valence-corrected chi connectivity index (χ4v) is 5.20. The van der Waals surface area contributed by atoms with Crippen LogP contribution < -0.4 is 20.1 Å². The van der Waals surface area contributed by atoms with Crippen molar-refractivity contribution in [3.8, 4) is 11.5 Å². The molecule has 2 aliphatic heterocycles. The van der Waals surface area contributed by atoms with Crippen LogP contribution in [0.4, 0.5) is 0 Å². The number of guanidine groups is 1. The highest BCUT2D eigenvalue weighted by Gasteiger charge is 2.36. The van der Waals surface area contributed by atoms with E-state index >= 15 is 0 Å². The van der Waals surface area contributed by atoms with Crippen molar-refractivity contribution in [2.75, 3.05) is 33.6 Å². The maximum Gasteiger partial charge on any atom is 0.231 e. The Morgan fingerprint density at radius 2 is 1.94 bits per heavy atom. The minimum Gasteiger partial charge on any atom is -0.454 e. The van der Waals surface area contributed by atoms with Gasteiger partial charge in [0.2, 0.25) is 6.79 Å². The highest BCUT2D eigenvalue weighted by molar-refractivity contribution is 14.0. The largest absolute Gasteiger partial charge is 0.454 e. The first-order valence-corrected chi connectivity index (χ1v) is 11.4. The van der Waals surface area contributed by atoms with E-state index in [1.165, 1.54) is 15.3 Å². The number of aryl methyl sites for hydroxylation is 1. The Morgan fingerprint density at radius 3 is 2.65 bits per heavy atom. The second-order valence-electron chi connectivity index (χ2n) is 8.15. The summed E-state index contributed by atoms with van der Waals surface area (Å²) in [4.78, 5) is 7.21. The number of ether oxygens (including phenoxy) is 3. The van der Waals surface area contributed by atoms with E-state index in [4.69, 9.17) is 14.2 Å². The number of benzene rings is 1. The Labute approximate surface area is 205 Å². The molecule has 8 heteroatoms. The van der Waals surface area contributed by atoms with Crippen LogP contribution in [0.3, 0.4) is 0 Å². The molecule has 3 heterocycles. The van der Waals surface area contributed by atoms with Crippen LogP contribution in [0.5, 0.6) is 11.5 Å². The summed E-state index contributed by atoms with van der Waals surface area (Å²) in [5.74, 6) is 2.49. The first kappa shape index (κ1) is 24.1. The summed E-state index contributed by atoms with van der Waals surface area (Å²) in [6, 6.07) is 11.0. The van der Waals surface area contributed by atoms with Crippen molar-refractivity contribution in [3.05, 3.63) is 45.6 Å². The molecule has 0 amide bonds. The number of aliphatic imine (C=N–C) groups is 1. The third kappa shape index (κ3) is 5.84. The van der Waals surface area contributed by atoms with Crippen LogP contribution in [0.2, 0.25) is 0 Å². The lowest BCUT2D eigenvalue weighted by Crippen LogP contribution is -2.50. The molecule has 1 aromatic carbocycles. The Hall–Kier alpha value is -1.52. The van der Waals surface area contributed by atoms with E-state index in [1.54, 1.807) is 0 Å². The van der Waals surface area contributed by atoms with Gasteiger partial charge in [0.15, 0.2) is 17.5 Å². The van der Waals surface area contributed by atoms with Gasteiger partial charge in [0.05, 0.1) is 0 Å². The van der Waals surface area contributed by atoms with Gasteiger partial charge in [0.1, 0.15) is 0 Å². The van der Waals surface area contributed by atoms with Gasteiger partial charge in [-0.1, -0.05) is 6.07 Å². The lowest BCUT2D eigenvalue weighted by atomic mass is 9.74. The molecule has 1 saturated heterocycles. The number of nitrogens with zero attached hydrogens (tertiary/aromatic N) is 1. The van der Waals surface area contributed by atoms with Crippen LogP contribution in [0.1, 0.15) is 35.1 Å². The van der Waals surface area contributed by atoms with Crippen LogP contribution in [0, 0.1) is 6.92 Å². The highest BCUT2D eigenvalue weighted by atomic mass is 127. The molecular weight excluding hydrogens is 525 g/mol. The number of halogens is 1. The van der Waals surface area contributed by atoms with Gasteiger partial charge >= 0.3 is 0 Å². The molecule has 31 heavy (non-hydrogen) atoms. The molecule has 1 unspecified atom stereocenters. The summed E-state index contributed by atoms with van der Waals surface area (Å²) in [6.45, 7) is 6.96. The van der Waals surface area contributed by atoms with E-state index in [9.17, 15) is 0 Å². The van der Waals surface area contributed by atoms with Crippen LogP contribution >= 0.6 is 35.3 Å². The Bertz CT molecular complexity index is 896. The molecule has 0 bridgehead atoms.